The number of nitrogens with one attached hydrogen (secondary N) is 1. The lowest BCUT2D eigenvalue weighted by Crippen LogP contribution is -2.20. The molecule has 0 spiro atoms. The van der Waals surface area contributed by atoms with Gasteiger partial charge in [0, 0.05) is 28.9 Å². The van der Waals surface area contributed by atoms with Crippen molar-refractivity contribution in [3.8, 4) is 5.75 Å². The Bertz CT molecular complexity index is 351. The molecule has 0 saturated heterocycles. The fourth-order valence-corrected chi connectivity index (χ4v) is 1.90. The van der Waals surface area contributed by atoms with E-state index in [0.717, 1.165) is 25.3 Å². The standard InChI is InChI=1S/C13H21NO2S/c1-11(17(3)15)8-9-14-10-12-4-6-13(16-2)7-5-12/h4-7,11,14H,8-10H2,1-3H3. The molecule has 2 atom stereocenters. The maximum atomic E-state index is 11.1. The largest absolute Gasteiger partial charge is 0.497 e. The predicted molar refractivity (Wildman–Crippen MR) is 72.8 cm³/mol. The zero-order chi connectivity index (χ0) is 12.7. The van der Waals surface area contributed by atoms with Crippen LogP contribution in [0.4, 0.5) is 0 Å². The highest BCUT2D eigenvalue weighted by atomic mass is 32.2. The van der Waals surface area contributed by atoms with Gasteiger partial charge in [-0.2, -0.15) is 0 Å². The molecule has 0 aromatic heterocycles. The summed E-state index contributed by atoms with van der Waals surface area (Å²) >= 11 is 0. The van der Waals surface area contributed by atoms with Crippen molar-refractivity contribution in [3.63, 3.8) is 0 Å². The van der Waals surface area contributed by atoms with Gasteiger partial charge in [-0.3, -0.25) is 4.21 Å². The van der Waals surface area contributed by atoms with Crippen LogP contribution in [0.3, 0.4) is 0 Å². The number of benzene rings is 1. The minimum atomic E-state index is -0.719. The van der Waals surface area contributed by atoms with Gasteiger partial charge >= 0.3 is 0 Å². The number of methoxy groups -OCH3 is 1. The highest BCUT2D eigenvalue weighted by Gasteiger charge is 2.04. The first-order chi connectivity index (χ1) is 8.13. The lowest BCUT2D eigenvalue weighted by Gasteiger charge is -2.09. The lowest BCUT2D eigenvalue weighted by atomic mass is 10.2. The number of rotatable bonds is 7. The van der Waals surface area contributed by atoms with Crippen LogP contribution in [0.25, 0.3) is 0 Å². The molecule has 17 heavy (non-hydrogen) atoms. The van der Waals surface area contributed by atoms with Gasteiger partial charge in [0.25, 0.3) is 0 Å². The molecule has 1 aromatic rings. The third-order valence-electron chi connectivity index (χ3n) is 2.78. The number of ether oxygens (including phenoxy) is 1. The van der Waals surface area contributed by atoms with Crippen LogP contribution in [0.15, 0.2) is 24.3 Å². The van der Waals surface area contributed by atoms with Crippen molar-refractivity contribution in [1.29, 1.82) is 0 Å². The van der Waals surface area contributed by atoms with E-state index in [1.807, 2.05) is 31.2 Å². The molecule has 0 aliphatic heterocycles. The second-order valence-corrected chi connectivity index (χ2v) is 5.92. The van der Waals surface area contributed by atoms with Crippen molar-refractivity contribution in [1.82, 2.24) is 5.32 Å². The van der Waals surface area contributed by atoms with Crippen LogP contribution in [0.2, 0.25) is 0 Å². The van der Waals surface area contributed by atoms with Crippen molar-refractivity contribution < 1.29 is 8.95 Å². The summed E-state index contributed by atoms with van der Waals surface area (Å²) in [7, 11) is 0.947. The molecule has 0 bridgehead atoms. The number of hydrogen-bond donors (Lipinski definition) is 1. The van der Waals surface area contributed by atoms with Crippen LogP contribution in [0, 0.1) is 0 Å². The minimum Gasteiger partial charge on any atom is -0.497 e. The average molecular weight is 255 g/mol. The second-order valence-electron chi connectivity index (χ2n) is 4.12. The second kappa shape index (κ2) is 7.45. The molecule has 0 aliphatic rings. The molecule has 1 N–H and O–H groups in total. The fourth-order valence-electron chi connectivity index (χ4n) is 1.45. The molecule has 4 heteroatoms. The first-order valence-electron chi connectivity index (χ1n) is 5.79. The maximum Gasteiger partial charge on any atom is 0.118 e. The third kappa shape index (κ3) is 5.33. The van der Waals surface area contributed by atoms with E-state index >= 15 is 0 Å². The van der Waals surface area contributed by atoms with E-state index in [0.29, 0.717) is 0 Å². The van der Waals surface area contributed by atoms with Crippen LogP contribution in [-0.4, -0.2) is 29.4 Å². The minimum absolute atomic E-state index is 0.262. The quantitative estimate of drug-likeness (QED) is 0.757. The van der Waals surface area contributed by atoms with E-state index in [-0.39, 0.29) is 5.25 Å². The first kappa shape index (κ1) is 14.2. The predicted octanol–water partition coefficient (Wildman–Crippen LogP) is 1.94. The summed E-state index contributed by atoms with van der Waals surface area (Å²) in [6.45, 7) is 3.75. The van der Waals surface area contributed by atoms with Crippen molar-refractivity contribution in [2.24, 2.45) is 0 Å². The molecule has 0 fully saturated rings. The lowest BCUT2D eigenvalue weighted by molar-refractivity contribution is 0.414. The smallest absolute Gasteiger partial charge is 0.118 e. The highest BCUT2D eigenvalue weighted by Crippen LogP contribution is 2.10. The molecule has 1 rings (SSSR count). The van der Waals surface area contributed by atoms with E-state index in [1.54, 1.807) is 13.4 Å². The summed E-state index contributed by atoms with van der Waals surface area (Å²) in [6, 6.07) is 8.02. The maximum absolute atomic E-state index is 11.1. The van der Waals surface area contributed by atoms with E-state index < -0.39 is 10.8 Å². The van der Waals surface area contributed by atoms with E-state index in [9.17, 15) is 4.21 Å². The number of hydrogen-bond acceptors (Lipinski definition) is 3. The van der Waals surface area contributed by atoms with Gasteiger partial charge < -0.3 is 10.1 Å². The SMILES string of the molecule is COc1ccc(CNCCC(C)S(C)=O)cc1. The van der Waals surface area contributed by atoms with Crippen LogP contribution in [0.1, 0.15) is 18.9 Å². The Morgan fingerprint density at radius 3 is 2.53 bits per heavy atom. The molecule has 3 nitrogen and oxygen atoms in total. The van der Waals surface area contributed by atoms with Gasteiger partial charge in [0.05, 0.1) is 7.11 Å². The summed E-state index contributed by atoms with van der Waals surface area (Å²) in [5.41, 5.74) is 1.23. The monoisotopic (exact) mass is 255 g/mol. The van der Waals surface area contributed by atoms with E-state index in [1.165, 1.54) is 5.56 Å². The first-order valence-corrected chi connectivity index (χ1v) is 7.41. The molecule has 0 radical (unpaired) electrons. The molecule has 96 valence electrons. The Balaban J connectivity index is 2.24. The van der Waals surface area contributed by atoms with Crippen LogP contribution < -0.4 is 10.1 Å². The Morgan fingerprint density at radius 2 is 2.00 bits per heavy atom. The fraction of sp³-hybridized carbons (Fsp3) is 0.538. The summed E-state index contributed by atoms with van der Waals surface area (Å²) < 4.78 is 16.2. The Kier molecular flexibility index (Phi) is 6.22. The normalized spacial score (nSPS) is 14.3. The van der Waals surface area contributed by atoms with Crippen LogP contribution in [-0.2, 0) is 17.3 Å². The molecule has 2 unspecified atom stereocenters. The zero-order valence-electron chi connectivity index (χ0n) is 10.7. The van der Waals surface area contributed by atoms with E-state index in [2.05, 4.69) is 5.32 Å². The van der Waals surface area contributed by atoms with Crippen LogP contribution >= 0.6 is 0 Å². The molecule has 0 heterocycles. The van der Waals surface area contributed by atoms with Gasteiger partial charge in [0.1, 0.15) is 5.75 Å². The topological polar surface area (TPSA) is 38.3 Å². The molecular formula is C13H21NO2S. The van der Waals surface area contributed by atoms with E-state index in [4.69, 9.17) is 4.74 Å². The van der Waals surface area contributed by atoms with Gasteiger partial charge in [0.15, 0.2) is 0 Å². The van der Waals surface area contributed by atoms with Gasteiger partial charge in [-0.1, -0.05) is 19.1 Å². The summed E-state index contributed by atoms with van der Waals surface area (Å²) in [4.78, 5) is 0. The summed E-state index contributed by atoms with van der Waals surface area (Å²) in [5, 5.41) is 3.61. The van der Waals surface area contributed by atoms with Crippen molar-refractivity contribution in [3.05, 3.63) is 29.8 Å². The van der Waals surface area contributed by atoms with Gasteiger partial charge in [-0.25, -0.2) is 0 Å². The van der Waals surface area contributed by atoms with Gasteiger partial charge in [0.2, 0.25) is 0 Å². The van der Waals surface area contributed by atoms with Gasteiger partial charge in [-0.05, 0) is 30.7 Å². The zero-order valence-corrected chi connectivity index (χ0v) is 11.5. The molecular weight excluding hydrogens is 234 g/mol. The summed E-state index contributed by atoms with van der Waals surface area (Å²) in [5.74, 6) is 0.878. The van der Waals surface area contributed by atoms with Crippen molar-refractivity contribution in [2.75, 3.05) is 19.9 Å². The van der Waals surface area contributed by atoms with Crippen molar-refractivity contribution >= 4 is 10.8 Å². The molecule has 0 amide bonds. The molecule has 1 aromatic carbocycles. The van der Waals surface area contributed by atoms with Crippen LogP contribution in [0.5, 0.6) is 5.75 Å². The third-order valence-corrected chi connectivity index (χ3v) is 4.15. The Labute approximate surface area is 106 Å². The summed E-state index contributed by atoms with van der Waals surface area (Å²) in [6.07, 6.45) is 2.70. The van der Waals surface area contributed by atoms with Gasteiger partial charge in [-0.15, -0.1) is 0 Å². The molecule has 0 saturated carbocycles. The highest BCUT2D eigenvalue weighted by molar-refractivity contribution is 7.84. The molecule has 0 aliphatic carbocycles. The Hall–Kier alpha value is -0.870. The van der Waals surface area contributed by atoms with Crippen molar-refractivity contribution in [2.45, 2.75) is 25.1 Å². The average Bonchev–Trinajstić information content (AvgIpc) is 2.35. The Morgan fingerprint density at radius 1 is 1.35 bits per heavy atom.